The molecular weight excluding hydrogens is 349 g/mol. The highest BCUT2D eigenvalue weighted by molar-refractivity contribution is 7.87. The van der Waals surface area contributed by atoms with Crippen molar-refractivity contribution in [3.63, 3.8) is 0 Å². The lowest BCUT2D eigenvalue weighted by atomic mass is 10.2. The normalized spacial score (nSPS) is 11.5. The summed E-state index contributed by atoms with van der Waals surface area (Å²) in [7, 11) is -4.01. The van der Waals surface area contributed by atoms with Crippen molar-refractivity contribution in [1.29, 1.82) is 0 Å². The molecule has 2 aromatic carbocycles. The summed E-state index contributed by atoms with van der Waals surface area (Å²) >= 11 is 1.52. The van der Waals surface area contributed by atoms with E-state index in [2.05, 4.69) is 4.98 Å². The Bertz CT molecular complexity index is 979. The zero-order valence-corrected chi connectivity index (χ0v) is 14.6. The minimum absolute atomic E-state index is 0.0523. The SMILES string of the molecule is Cc1csc(-c2ccc(OS(=O)(=O)c3ccc(F)cc3C)cc2)n1. The quantitative estimate of drug-likeness (QED) is 0.647. The van der Waals surface area contributed by atoms with E-state index in [0.29, 0.717) is 5.56 Å². The zero-order chi connectivity index (χ0) is 17.3. The number of hydrogen-bond donors (Lipinski definition) is 0. The monoisotopic (exact) mass is 363 g/mol. The predicted octanol–water partition coefficient (Wildman–Crippen LogP) is 4.33. The van der Waals surface area contributed by atoms with Crippen molar-refractivity contribution in [2.24, 2.45) is 0 Å². The van der Waals surface area contributed by atoms with Crippen LogP contribution in [0.5, 0.6) is 5.75 Å². The van der Waals surface area contributed by atoms with Crippen LogP contribution < -0.4 is 4.18 Å². The maximum atomic E-state index is 13.1. The third kappa shape index (κ3) is 3.47. The molecule has 0 saturated heterocycles. The fourth-order valence-electron chi connectivity index (χ4n) is 2.20. The van der Waals surface area contributed by atoms with Crippen LogP contribution in [0.1, 0.15) is 11.3 Å². The van der Waals surface area contributed by atoms with Gasteiger partial charge in [0.15, 0.2) is 0 Å². The van der Waals surface area contributed by atoms with E-state index in [-0.39, 0.29) is 10.6 Å². The van der Waals surface area contributed by atoms with Gasteiger partial charge in [-0.05, 0) is 61.9 Å². The molecular formula is C17H14FNO3S2. The molecule has 1 heterocycles. The standard InChI is InChI=1S/C17H14FNO3S2/c1-11-9-14(18)5-8-16(11)24(20,21)22-15-6-3-13(4-7-15)17-19-12(2)10-23-17/h3-10H,1-2H3. The third-order valence-electron chi connectivity index (χ3n) is 3.33. The van der Waals surface area contributed by atoms with Crippen LogP contribution in [-0.4, -0.2) is 13.4 Å². The van der Waals surface area contributed by atoms with Gasteiger partial charge in [-0.25, -0.2) is 9.37 Å². The third-order valence-corrected chi connectivity index (χ3v) is 5.75. The van der Waals surface area contributed by atoms with Gasteiger partial charge in [0.1, 0.15) is 21.5 Å². The molecule has 1 aromatic heterocycles. The van der Waals surface area contributed by atoms with Crippen LogP contribution in [0.4, 0.5) is 4.39 Å². The summed E-state index contributed by atoms with van der Waals surface area (Å²) in [5.74, 6) is -0.301. The molecule has 7 heteroatoms. The molecule has 0 saturated carbocycles. The lowest BCUT2D eigenvalue weighted by Crippen LogP contribution is -2.11. The van der Waals surface area contributed by atoms with E-state index in [9.17, 15) is 12.8 Å². The van der Waals surface area contributed by atoms with E-state index >= 15 is 0 Å². The topological polar surface area (TPSA) is 56.3 Å². The van der Waals surface area contributed by atoms with Crippen LogP contribution in [-0.2, 0) is 10.1 Å². The second-order valence-electron chi connectivity index (χ2n) is 5.27. The second kappa shape index (κ2) is 6.33. The van der Waals surface area contributed by atoms with Crippen molar-refractivity contribution in [1.82, 2.24) is 4.98 Å². The van der Waals surface area contributed by atoms with Crippen LogP contribution in [0, 0.1) is 19.7 Å². The Labute approximate surface area is 143 Å². The van der Waals surface area contributed by atoms with Gasteiger partial charge in [0.2, 0.25) is 0 Å². The Kier molecular flexibility index (Phi) is 4.38. The molecule has 0 atom stereocenters. The first kappa shape index (κ1) is 16.6. The van der Waals surface area contributed by atoms with Gasteiger partial charge < -0.3 is 4.18 Å². The summed E-state index contributed by atoms with van der Waals surface area (Å²) in [6.07, 6.45) is 0. The minimum Gasteiger partial charge on any atom is -0.379 e. The molecule has 0 amide bonds. The fourth-order valence-corrected chi connectivity index (χ4v) is 4.15. The molecule has 0 aliphatic rings. The van der Waals surface area contributed by atoms with Gasteiger partial charge in [-0.3, -0.25) is 0 Å². The van der Waals surface area contributed by atoms with Crippen LogP contribution in [0.15, 0.2) is 52.7 Å². The molecule has 0 unspecified atom stereocenters. The molecule has 4 nitrogen and oxygen atoms in total. The molecule has 0 N–H and O–H groups in total. The first-order chi connectivity index (χ1) is 11.3. The molecule has 0 radical (unpaired) electrons. The molecule has 3 rings (SSSR count). The van der Waals surface area contributed by atoms with Gasteiger partial charge in [0, 0.05) is 16.6 Å². The van der Waals surface area contributed by atoms with Crippen LogP contribution in [0.3, 0.4) is 0 Å². The van der Waals surface area contributed by atoms with E-state index in [1.165, 1.54) is 24.3 Å². The second-order valence-corrected chi connectivity index (χ2v) is 7.64. The molecule has 0 aliphatic heterocycles. The number of benzene rings is 2. The maximum absolute atomic E-state index is 13.1. The lowest BCUT2D eigenvalue weighted by molar-refractivity contribution is 0.485. The minimum atomic E-state index is -4.01. The Morgan fingerprint density at radius 3 is 2.38 bits per heavy atom. The van der Waals surface area contributed by atoms with E-state index in [0.717, 1.165) is 28.4 Å². The Morgan fingerprint density at radius 2 is 1.79 bits per heavy atom. The molecule has 124 valence electrons. The van der Waals surface area contributed by atoms with Gasteiger partial charge in [-0.15, -0.1) is 11.3 Å². The maximum Gasteiger partial charge on any atom is 0.339 e. The number of rotatable bonds is 4. The number of thiazole rings is 1. The smallest absolute Gasteiger partial charge is 0.339 e. The van der Waals surface area contributed by atoms with Gasteiger partial charge in [0.05, 0.1) is 0 Å². The number of halogens is 1. The van der Waals surface area contributed by atoms with Gasteiger partial charge in [0.25, 0.3) is 0 Å². The summed E-state index contributed by atoms with van der Waals surface area (Å²) in [6.45, 7) is 3.43. The van der Waals surface area contributed by atoms with Crippen molar-refractivity contribution in [3.05, 3.63) is 64.9 Å². The van der Waals surface area contributed by atoms with Crippen molar-refractivity contribution in [3.8, 4) is 16.3 Å². The first-order valence-electron chi connectivity index (χ1n) is 7.08. The van der Waals surface area contributed by atoms with Gasteiger partial charge in [-0.1, -0.05) is 0 Å². The number of nitrogens with zero attached hydrogens (tertiary/aromatic N) is 1. The van der Waals surface area contributed by atoms with Crippen LogP contribution in [0.2, 0.25) is 0 Å². The molecule has 24 heavy (non-hydrogen) atoms. The summed E-state index contributed by atoms with van der Waals surface area (Å²) in [5.41, 5.74) is 2.12. The van der Waals surface area contributed by atoms with Crippen LogP contribution in [0.25, 0.3) is 10.6 Å². The molecule has 0 aliphatic carbocycles. The zero-order valence-electron chi connectivity index (χ0n) is 13.0. The summed E-state index contributed by atoms with van der Waals surface area (Å²) in [5, 5.41) is 2.80. The summed E-state index contributed by atoms with van der Waals surface area (Å²) in [6, 6.07) is 10.1. The molecule has 0 spiro atoms. The largest absolute Gasteiger partial charge is 0.379 e. The van der Waals surface area contributed by atoms with Crippen molar-refractivity contribution < 1.29 is 17.0 Å². The van der Waals surface area contributed by atoms with Gasteiger partial charge in [-0.2, -0.15) is 8.42 Å². The fraction of sp³-hybridized carbons (Fsp3) is 0.118. The van der Waals surface area contributed by atoms with Crippen molar-refractivity contribution in [2.45, 2.75) is 18.7 Å². The Morgan fingerprint density at radius 1 is 1.08 bits per heavy atom. The van der Waals surface area contributed by atoms with E-state index in [1.54, 1.807) is 24.3 Å². The van der Waals surface area contributed by atoms with Gasteiger partial charge >= 0.3 is 10.1 Å². The number of hydrogen-bond acceptors (Lipinski definition) is 5. The summed E-state index contributed by atoms with van der Waals surface area (Å²) in [4.78, 5) is 4.32. The van der Waals surface area contributed by atoms with Crippen LogP contribution >= 0.6 is 11.3 Å². The molecule has 3 aromatic rings. The number of aryl methyl sites for hydroxylation is 2. The predicted molar refractivity (Wildman–Crippen MR) is 91.2 cm³/mol. The van der Waals surface area contributed by atoms with Crippen molar-refractivity contribution in [2.75, 3.05) is 0 Å². The number of aromatic nitrogens is 1. The highest BCUT2D eigenvalue weighted by atomic mass is 32.2. The molecule has 0 fully saturated rings. The van der Waals surface area contributed by atoms with E-state index in [1.807, 2.05) is 12.3 Å². The average molecular weight is 363 g/mol. The van der Waals surface area contributed by atoms with E-state index < -0.39 is 15.9 Å². The highest BCUT2D eigenvalue weighted by Gasteiger charge is 2.19. The summed E-state index contributed by atoms with van der Waals surface area (Å²) < 4.78 is 42.9. The molecule has 0 bridgehead atoms. The first-order valence-corrected chi connectivity index (χ1v) is 9.37. The Balaban J connectivity index is 1.85. The van der Waals surface area contributed by atoms with Crippen molar-refractivity contribution >= 4 is 21.5 Å². The lowest BCUT2D eigenvalue weighted by Gasteiger charge is -2.09. The Hall–Kier alpha value is -2.25. The average Bonchev–Trinajstić information content (AvgIpc) is 2.93. The highest BCUT2D eigenvalue weighted by Crippen LogP contribution is 2.27. The van der Waals surface area contributed by atoms with E-state index in [4.69, 9.17) is 4.18 Å².